The minimum Gasteiger partial charge on any atom is -0.493 e. The van der Waals surface area contributed by atoms with Gasteiger partial charge in [-0.1, -0.05) is 23.7 Å². The number of esters is 1. The molecule has 2 aliphatic heterocycles. The number of anilines is 1. The lowest BCUT2D eigenvalue weighted by atomic mass is 9.68. The van der Waals surface area contributed by atoms with Crippen LogP contribution in [0.25, 0.3) is 0 Å². The Balaban J connectivity index is 1.21. The van der Waals surface area contributed by atoms with E-state index in [1.54, 1.807) is 51.7 Å². The highest BCUT2D eigenvalue weighted by Gasteiger charge is 2.44. The zero-order chi connectivity index (χ0) is 43.1. The number of amides is 2. The molecule has 2 bridgehead atoms. The van der Waals surface area contributed by atoms with Crippen LogP contribution < -0.4 is 23.8 Å². The van der Waals surface area contributed by atoms with E-state index in [9.17, 15) is 18.6 Å². The maximum absolute atomic E-state index is 15.0. The van der Waals surface area contributed by atoms with Crippen molar-refractivity contribution in [3.63, 3.8) is 0 Å². The molecule has 1 spiro atoms. The van der Waals surface area contributed by atoms with Crippen LogP contribution in [0.2, 0.25) is 5.02 Å². The fraction of sp³-hybridized carbons (Fsp3) is 0.465. The highest BCUT2D eigenvalue weighted by molar-refractivity contribution is 7.92. The lowest BCUT2D eigenvalue weighted by Crippen LogP contribution is -2.49. The maximum atomic E-state index is 15.0. The molecule has 6 atom stereocenters. The molecule has 1 fully saturated rings. The molecule has 2 aliphatic carbocycles. The Morgan fingerprint density at radius 1 is 1.00 bits per heavy atom. The highest BCUT2D eigenvalue weighted by Crippen LogP contribution is 2.47. The van der Waals surface area contributed by atoms with Gasteiger partial charge in [0, 0.05) is 62.9 Å². The SMILES string of the molecule is COc1cn(C)nc1C(=O)O[C@H]1/C=C/[C@H](OC)[C@@H]2CC[C@H]2CN2C[C@@]3(CCCc4cc(Cl)ccc43)COc3ccc(cc32)C(=O)N=S(=O)(NC(=O)c2cn(C)nc2OC)CC1. The van der Waals surface area contributed by atoms with Crippen molar-refractivity contribution in [3.8, 4) is 17.4 Å². The van der Waals surface area contributed by atoms with E-state index in [4.69, 9.17) is 35.3 Å². The molecule has 324 valence electrons. The Labute approximate surface area is 359 Å². The number of aryl methyl sites for hydroxylation is 3. The van der Waals surface area contributed by atoms with Gasteiger partial charge in [0.2, 0.25) is 11.6 Å². The third-order valence-corrected chi connectivity index (χ3v) is 14.3. The number of methoxy groups -OCH3 is 3. The summed E-state index contributed by atoms with van der Waals surface area (Å²) in [5.41, 5.74) is 2.90. The Kier molecular flexibility index (Phi) is 11.9. The molecular formula is C43H50ClN7O9S. The van der Waals surface area contributed by atoms with Gasteiger partial charge in [0.25, 0.3) is 11.8 Å². The summed E-state index contributed by atoms with van der Waals surface area (Å²) in [6.45, 7) is 1.70. The summed E-state index contributed by atoms with van der Waals surface area (Å²) in [5, 5.41) is 9.07. The number of hydrogen-bond donors (Lipinski definition) is 1. The number of benzene rings is 2. The van der Waals surface area contributed by atoms with Crippen LogP contribution in [0.1, 0.15) is 74.4 Å². The fourth-order valence-corrected chi connectivity index (χ4v) is 10.9. The lowest BCUT2D eigenvalue weighted by Gasteiger charge is -2.46. The van der Waals surface area contributed by atoms with Crippen LogP contribution in [-0.4, -0.2) is 101 Å². The van der Waals surface area contributed by atoms with Crippen LogP contribution in [0.3, 0.4) is 0 Å². The van der Waals surface area contributed by atoms with Crippen molar-refractivity contribution in [2.24, 2.45) is 30.3 Å². The standard InChI is InChI=1S/C43H50ClN7O9S/c1-49-22-32(41(46-49)58-5)40(53)48-61(55)18-16-30(60-42(54)38-37(57-4)23-50(2)45-38)11-15-35(56-3)31-12-8-28(31)21-51-24-43(17-6-7-26-19-29(44)10-13-33(26)43)25-59-36-14-9-27(20-34(36)51)39(52)47-61/h9-11,13-15,19-20,22-23,28,30-31,35H,6-8,12,16-18,21,24-25H2,1-5H3,(H,47,48,52,53,55)/b15-11+/t28-,30-,31+,35-,43-,61?/m0/s1. The van der Waals surface area contributed by atoms with Gasteiger partial charge < -0.3 is 28.6 Å². The van der Waals surface area contributed by atoms with E-state index in [1.807, 2.05) is 12.1 Å². The largest absolute Gasteiger partial charge is 0.493 e. The lowest BCUT2D eigenvalue weighted by molar-refractivity contribution is 0.0118. The quantitative estimate of drug-likeness (QED) is 0.183. The van der Waals surface area contributed by atoms with E-state index in [1.165, 1.54) is 40.9 Å². The minimum atomic E-state index is -3.92. The first-order valence-corrected chi connectivity index (χ1v) is 22.4. The molecule has 1 unspecified atom stereocenters. The van der Waals surface area contributed by atoms with Gasteiger partial charge in [-0.25, -0.2) is 9.00 Å². The van der Waals surface area contributed by atoms with Gasteiger partial charge >= 0.3 is 5.97 Å². The number of halogens is 1. The molecular weight excluding hydrogens is 826 g/mol. The molecule has 2 amide bonds. The summed E-state index contributed by atoms with van der Waals surface area (Å²) in [7, 11) is 3.77. The Hall–Kier alpha value is -5.39. The fourth-order valence-electron chi connectivity index (χ4n) is 9.12. The van der Waals surface area contributed by atoms with Gasteiger partial charge in [-0.2, -0.15) is 5.10 Å². The summed E-state index contributed by atoms with van der Waals surface area (Å²) in [6.07, 6.45) is 9.72. The van der Waals surface area contributed by atoms with Crippen molar-refractivity contribution in [2.45, 2.75) is 56.1 Å². The molecule has 4 aromatic rings. The minimum absolute atomic E-state index is 0.00575. The van der Waals surface area contributed by atoms with Gasteiger partial charge in [0.15, 0.2) is 5.75 Å². The van der Waals surface area contributed by atoms with E-state index in [2.05, 4.69) is 36.3 Å². The Bertz CT molecular complexity index is 2510. The number of hydrogen-bond acceptors (Lipinski definition) is 12. The number of fused-ring (bicyclic) bond motifs is 4. The molecule has 2 aromatic heterocycles. The molecule has 18 heteroatoms. The Morgan fingerprint density at radius 2 is 1.82 bits per heavy atom. The van der Waals surface area contributed by atoms with Crippen LogP contribution in [0, 0.1) is 11.8 Å². The average Bonchev–Trinajstić information content (AvgIpc) is 3.78. The van der Waals surface area contributed by atoms with Crippen LogP contribution >= 0.6 is 11.6 Å². The molecule has 8 rings (SSSR count). The summed E-state index contributed by atoms with van der Waals surface area (Å²) < 4.78 is 54.0. The monoisotopic (exact) mass is 875 g/mol. The zero-order valence-corrected chi connectivity index (χ0v) is 36.4. The van der Waals surface area contributed by atoms with Gasteiger partial charge in [-0.3, -0.25) is 23.7 Å². The molecule has 16 nitrogen and oxygen atoms in total. The molecule has 0 radical (unpaired) electrons. The topological polar surface area (TPSA) is 178 Å². The van der Waals surface area contributed by atoms with Gasteiger partial charge in [-0.05, 0) is 91.5 Å². The molecule has 4 aliphatic rings. The second kappa shape index (κ2) is 17.2. The van der Waals surface area contributed by atoms with Crippen molar-refractivity contribution in [1.29, 1.82) is 0 Å². The van der Waals surface area contributed by atoms with Crippen molar-refractivity contribution in [3.05, 3.63) is 93.9 Å². The predicted octanol–water partition coefficient (Wildman–Crippen LogP) is 5.48. The molecule has 1 saturated carbocycles. The third-order valence-electron chi connectivity index (χ3n) is 12.3. The van der Waals surface area contributed by atoms with E-state index in [0.717, 1.165) is 37.8 Å². The molecule has 1 N–H and O–H groups in total. The van der Waals surface area contributed by atoms with Crippen LogP contribution in [0.15, 0.2) is 65.3 Å². The van der Waals surface area contributed by atoms with Crippen molar-refractivity contribution in [2.75, 3.05) is 51.7 Å². The van der Waals surface area contributed by atoms with Crippen LogP contribution in [0.4, 0.5) is 5.69 Å². The number of rotatable bonds is 7. The van der Waals surface area contributed by atoms with E-state index in [-0.39, 0.29) is 64.0 Å². The van der Waals surface area contributed by atoms with Gasteiger partial charge in [0.1, 0.15) is 27.3 Å². The molecule has 2 aromatic carbocycles. The number of carbonyl (C=O) groups is 3. The number of carbonyl (C=O) groups excluding carboxylic acids is 3. The first-order valence-electron chi connectivity index (χ1n) is 20.3. The molecule has 4 heterocycles. The summed E-state index contributed by atoms with van der Waals surface area (Å²) in [4.78, 5) is 44.1. The number of aromatic nitrogens is 4. The first-order chi connectivity index (χ1) is 29.3. The van der Waals surface area contributed by atoms with Gasteiger partial charge in [-0.15, -0.1) is 9.46 Å². The van der Waals surface area contributed by atoms with Crippen molar-refractivity contribution >= 4 is 45.0 Å². The number of nitrogens with one attached hydrogen (secondary N) is 1. The summed E-state index contributed by atoms with van der Waals surface area (Å²) in [5.74, 6) is -1.64. The maximum Gasteiger partial charge on any atom is 0.363 e. The predicted molar refractivity (Wildman–Crippen MR) is 227 cm³/mol. The van der Waals surface area contributed by atoms with Gasteiger partial charge in [0.05, 0.1) is 44.6 Å². The third kappa shape index (κ3) is 8.60. The normalized spacial score (nSPS) is 26.7. The first kappa shape index (κ1) is 42.3. The molecule has 0 saturated heterocycles. The van der Waals surface area contributed by atoms with Crippen molar-refractivity contribution < 1.29 is 42.3 Å². The van der Waals surface area contributed by atoms with E-state index < -0.39 is 33.8 Å². The van der Waals surface area contributed by atoms with Crippen molar-refractivity contribution in [1.82, 2.24) is 24.3 Å². The summed E-state index contributed by atoms with van der Waals surface area (Å²) in [6, 6.07) is 11.2. The molecule has 61 heavy (non-hydrogen) atoms. The highest BCUT2D eigenvalue weighted by atomic mass is 35.5. The number of nitrogens with zero attached hydrogens (tertiary/aromatic N) is 6. The average molecular weight is 876 g/mol. The smallest absolute Gasteiger partial charge is 0.363 e. The van der Waals surface area contributed by atoms with Crippen LogP contribution in [0.5, 0.6) is 17.4 Å². The second-order valence-electron chi connectivity index (χ2n) is 16.2. The Morgan fingerprint density at radius 3 is 2.57 bits per heavy atom. The number of ether oxygens (including phenoxy) is 5. The summed E-state index contributed by atoms with van der Waals surface area (Å²) >= 11 is 6.49. The van der Waals surface area contributed by atoms with Crippen LogP contribution in [-0.2, 0) is 45.3 Å². The zero-order valence-electron chi connectivity index (χ0n) is 34.8. The second-order valence-corrected chi connectivity index (χ2v) is 18.7. The van der Waals surface area contributed by atoms with E-state index in [0.29, 0.717) is 30.5 Å². The van der Waals surface area contributed by atoms with E-state index >= 15 is 0 Å².